The second kappa shape index (κ2) is 6.50. The molecule has 0 heterocycles. The number of rotatable bonds is 3. The van der Waals surface area contributed by atoms with E-state index in [1.165, 1.54) is 31.2 Å². The van der Waals surface area contributed by atoms with Crippen LogP contribution in [0, 0.1) is 5.92 Å². The first-order valence-corrected chi connectivity index (χ1v) is 8.31. The van der Waals surface area contributed by atoms with Crippen LogP contribution in [0.2, 0.25) is 0 Å². The molecule has 1 fully saturated rings. The van der Waals surface area contributed by atoms with E-state index in [4.69, 9.17) is 9.94 Å². The molecule has 3 nitrogen and oxygen atoms in total. The van der Waals surface area contributed by atoms with Gasteiger partial charge in [-0.15, -0.1) is 0 Å². The second-order valence-corrected chi connectivity index (χ2v) is 6.40. The van der Waals surface area contributed by atoms with Crippen LogP contribution in [-0.4, -0.2) is 17.0 Å². The van der Waals surface area contributed by atoms with E-state index in [1.807, 2.05) is 0 Å². The average Bonchev–Trinajstić information content (AvgIpc) is 2.54. The maximum atomic E-state index is 9.16. The first kappa shape index (κ1) is 14.4. The number of nitrogens with zero attached hydrogens (tertiary/aromatic N) is 1. The van der Waals surface area contributed by atoms with Crippen molar-refractivity contribution in [1.29, 1.82) is 0 Å². The van der Waals surface area contributed by atoms with Gasteiger partial charge in [0.05, 0.1) is 11.8 Å². The van der Waals surface area contributed by atoms with Crippen molar-refractivity contribution in [2.24, 2.45) is 11.1 Å². The van der Waals surface area contributed by atoms with Crippen molar-refractivity contribution >= 4 is 5.71 Å². The van der Waals surface area contributed by atoms with Crippen LogP contribution in [0.3, 0.4) is 0 Å². The summed E-state index contributed by atoms with van der Waals surface area (Å²) >= 11 is 0. The maximum Gasteiger partial charge on any atom is 0.120 e. The zero-order valence-electron chi connectivity index (χ0n) is 12.8. The number of ether oxygens (including phenoxy) is 1. The van der Waals surface area contributed by atoms with Gasteiger partial charge in [0.2, 0.25) is 0 Å². The third kappa shape index (κ3) is 3.22. The van der Waals surface area contributed by atoms with E-state index in [9.17, 15) is 0 Å². The Morgan fingerprint density at radius 1 is 1.24 bits per heavy atom. The number of hydrogen-bond donors (Lipinski definition) is 1. The van der Waals surface area contributed by atoms with E-state index in [1.54, 1.807) is 0 Å². The number of fused-ring (bicyclic) bond motifs is 1. The lowest BCUT2D eigenvalue weighted by molar-refractivity contribution is 0.122. The van der Waals surface area contributed by atoms with Crippen LogP contribution in [0.25, 0.3) is 0 Å². The molecule has 114 valence electrons. The van der Waals surface area contributed by atoms with Crippen LogP contribution in [0.5, 0.6) is 5.75 Å². The monoisotopic (exact) mass is 287 g/mol. The molecule has 2 atom stereocenters. The Labute approximate surface area is 127 Å². The molecule has 0 spiro atoms. The highest BCUT2D eigenvalue weighted by Crippen LogP contribution is 2.31. The van der Waals surface area contributed by atoms with E-state index < -0.39 is 0 Å². The van der Waals surface area contributed by atoms with Crippen molar-refractivity contribution in [2.75, 3.05) is 0 Å². The molecule has 0 amide bonds. The summed E-state index contributed by atoms with van der Waals surface area (Å²) in [6.07, 6.45) is 9.55. The zero-order chi connectivity index (χ0) is 14.7. The van der Waals surface area contributed by atoms with E-state index in [0.29, 0.717) is 6.10 Å². The fourth-order valence-electron chi connectivity index (χ4n) is 3.71. The average molecular weight is 287 g/mol. The third-order valence-electron chi connectivity index (χ3n) is 4.99. The molecule has 1 aromatic rings. The number of aryl methyl sites for hydroxylation is 1. The van der Waals surface area contributed by atoms with Gasteiger partial charge in [0, 0.05) is 5.56 Å². The van der Waals surface area contributed by atoms with Gasteiger partial charge in [-0.2, -0.15) is 0 Å². The molecule has 3 heteroatoms. The number of hydrogen-bond acceptors (Lipinski definition) is 3. The van der Waals surface area contributed by atoms with Gasteiger partial charge in [-0.05, 0) is 62.1 Å². The lowest BCUT2D eigenvalue weighted by Crippen LogP contribution is -2.25. The number of benzene rings is 1. The van der Waals surface area contributed by atoms with Gasteiger partial charge in [0.1, 0.15) is 5.75 Å². The fourth-order valence-corrected chi connectivity index (χ4v) is 3.71. The van der Waals surface area contributed by atoms with Gasteiger partial charge in [-0.25, -0.2) is 0 Å². The predicted molar refractivity (Wildman–Crippen MR) is 84.4 cm³/mol. The zero-order valence-corrected chi connectivity index (χ0v) is 12.8. The highest BCUT2D eigenvalue weighted by atomic mass is 16.5. The molecule has 0 radical (unpaired) electrons. The van der Waals surface area contributed by atoms with Gasteiger partial charge in [-0.3, -0.25) is 0 Å². The van der Waals surface area contributed by atoms with E-state index >= 15 is 0 Å². The molecule has 0 aliphatic heterocycles. The number of oxime groups is 1. The van der Waals surface area contributed by atoms with E-state index in [0.717, 1.165) is 48.6 Å². The summed E-state index contributed by atoms with van der Waals surface area (Å²) in [7, 11) is 0. The lowest BCUT2D eigenvalue weighted by atomic mass is 9.85. The van der Waals surface area contributed by atoms with Crippen LogP contribution in [0.15, 0.2) is 23.4 Å². The van der Waals surface area contributed by atoms with E-state index in [2.05, 4.69) is 30.3 Å². The van der Waals surface area contributed by atoms with Crippen molar-refractivity contribution in [3.05, 3.63) is 29.3 Å². The Morgan fingerprint density at radius 3 is 2.95 bits per heavy atom. The summed E-state index contributed by atoms with van der Waals surface area (Å²) in [5.74, 6) is 1.74. The van der Waals surface area contributed by atoms with Crippen molar-refractivity contribution in [3.63, 3.8) is 0 Å². The molecular formula is C18H25NO2. The van der Waals surface area contributed by atoms with Gasteiger partial charge in [0.25, 0.3) is 0 Å². The summed E-state index contributed by atoms with van der Waals surface area (Å²) in [5, 5.41) is 12.6. The molecule has 2 unspecified atom stereocenters. The van der Waals surface area contributed by atoms with Crippen LogP contribution in [-0.2, 0) is 6.42 Å². The largest absolute Gasteiger partial charge is 0.490 e. The highest BCUT2D eigenvalue weighted by molar-refractivity contribution is 6.02. The van der Waals surface area contributed by atoms with Crippen molar-refractivity contribution in [2.45, 2.75) is 64.4 Å². The second-order valence-electron chi connectivity index (χ2n) is 6.40. The van der Waals surface area contributed by atoms with E-state index in [-0.39, 0.29) is 0 Å². The molecule has 0 bridgehead atoms. The summed E-state index contributed by atoms with van der Waals surface area (Å²) in [6, 6.07) is 6.28. The fraction of sp³-hybridized carbons (Fsp3) is 0.611. The Balaban J connectivity index is 1.74. The standard InChI is InChI=1S/C18H25NO2/c1-2-13-5-3-7-15(11-13)21-16-10-9-14-6-4-8-18(19-20)17(14)12-16/h9-10,12-13,15,20H,2-8,11H2,1H3/b19-18-. The predicted octanol–water partition coefficient (Wildman–Crippen LogP) is 4.55. The SMILES string of the molecule is CCC1CCCC(Oc2ccc3c(c2)/C(=N\O)CCC3)C1. The minimum Gasteiger partial charge on any atom is -0.490 e. The first-order chi connectivity index (χ1) is 10.3. The highest BCUT2D eigenvalue weighted by Gasteiger charge is 2.23. The minimum atomic E-state index is 0.347. The maximum absolute atomic E-state index is 9.16. The minimum absolute atomic E-state index is 0.347. The first-order valence-electron chi connectivity index (χ1n) is 8.31. The summed E-state index contributed by atoms with van der Waals surface area (Å²) in [6.45, 7) is 2.27. The van der Waals surface area contributed by atoms with Gasteiger partial charge < -0.3 is 9.94 Å². The Kier molecular flexibility index (Phi) is 4.47. The van der Waals surface area contributed by atoms with Crippen LogP contribution in [0.1, 0.15) is 63.0 Å². The molecule has 1 aromatic carbocycles. The Hall–Kier alpha value is -1.51. The summed E-state index contributed by atoms with van der Waals surface area (Å²) in [5.41, 5.74) is 3.15. The molecule has 2 aliphatic rings. The molecule has 1 N–H and O–H groups in total. The quantitative estimate of drug-likeness (QED) is 0.654. The van der Waals surface area contributed by atoms with Crippen LogP contribution in [0.4, 0.5) is 0 Å². The Bertz CT molecular complexity index is 524. The molecule has 21 heavy (non-hydrogen) atoms. The normalized spacial score (nSPS) is 27.4. The third-order valence-corrected chi connectivity index (χ3v) is 4.99. The molecule has 0 saturated heterocycles. The van der Waals surface area contributed by atoms with Crippen molar-refractivity contribution in [1.82, 2.24) is 0 Å². The summed E-state index contributed by atoms with van der Waals surface area (Å²) < 4.78 is 6.21. The molecule has 1 saturated carbocycles. The van der Waals surface area contributed by atoms with Crippen LogP contribution >= 0.6 is 0 Å². The topological polar surface area (TPSA) is 41.8 Å². The Morgan fingerprint density at radius 2 is 2.14 bits per heavy atom. The lowest BCUT2D eigenvalue weighted by Gasteiger charge is -2.29. The molecule has 0 aromatic heterocycles. The van der Waals surface area contributed by atoms with Crippen LogP contribution < -0.4 is 4.74 Å². The molecule has 3 rings (SSSR count). The molecule has 2 aliphatic carbocycles. The van der Waals surface area contributed by atoms with Gasteiger partial charge in [-0.1, -0.05) is 31.0 Å². The van der Waals surface area contributed by atoms with Gasteiger partial charge in [0.15, 0.2) is 0 Å². The van der Waals surface area contributed by atoms with Gasteiger partial charge >= 0.3 is 0 Å². The summed E-state index contributed by atoms with van der Waals surface area (Å²) in [4.78, 5) is 0. The molecular weight excluding hydrogens is 262 g/mol. The van der Waals surface area contributed by atoms with Crippen molar-refractivity contribution < 1.29 is 9.94 Å². The smallest absolute Gasteiger partial charge is 0.120 e. The van der Waals surface area contributed by atoms with Crippen molar-refractivity contribution in [3.8, 4) is 5.75 Å².